The molecule has 1 saturated heterocycles. The van der Waals surface area contributed by atoms with Crippen molar-refractivity contribution in [3.05, 3.63) is 24.3 Å². The van der Waals surface area contributed by atoms with Crippen molar-refractivity contribution in [3.63, 3.8) is 0 Å². The van der Waals surface area contributed by atoms with E-state index < -0.39 is 0 Å². The van der Waals surface area contributed by atoms with Gasteiger partial charge in [-0.05, 0) is 44.1 Å². The molecule has 23 heavy (non-hydrogen) atoms. The third-order valence-corrected chi connectivity index (χ3v) is 4.96. The van der Waals surface area contributed by atoms with E-state index in [0.29, 0.717) is 19.5 Å². The minimum atomic E-state index is -0.255. The second-order valence-corrected chi connectivity index (χ2v) is 6.67. The number of carbonyl (C=O) groups excluding carboxylic acids is 2. The van der Waals surface area contributed by atoms with Crippen LogP contribution in [0, 0.1) is 5.92 Å². The molecule has 0 aromatic heterocycles. The molecule has 1 N–H and O–H groups in total. The van der Waals surface area contributed by atoms with Gasteiger partial charge in [0.1, 0.15) is 0 Å². The molecule has 0 bridgehead atoms. The lowest BCUT2D eigenvalue weighted by molar-refractivity contribution is -0.126. The van der Waals surface area contributed by atoms with Crippen LogP contribution in [0.15, 0.2) is 29.2 Å². The zero-order chi connectivity index (χ0) is 16.8. The van der Waals surface area contributed by atoms with Gasteiger partial charge >= 0.3 is 0 Å². The number of amides is 2. The van der Waals surface area contributed by atoms with E-state index in [0.717, 1.165) is 23.7 Å². The van der Waals surface area contributed by atoms with E-state index in [1.54, 1.807) is 16.7 Å². The number of carbonyl (C=O) groups is 2. The van der Waals surface area contributed by atoms with Crippen molar-refractivity contribution < 1.29 is 9.59 Å². The predicted octanol–water partition coefficient (Wildman–Crippen LogP) is 1.83. The molecule has 126 valence electrons. The van der Waals surface area contributed by atoms with Gasteiger partial charge in [-0.2, -0.15) is 0 Å². The maximum absolute atomic E-state index is 12.2. The maximum atomic E-state index is 12.2. The number of likely N-dealkylation sites (N-methyl/N-ethyl adjacent to an activating group) is 1. The van der Waals surface area contributed by atoms with E-state index in [4.69, 9.17) is 0 Å². The van der Waals surface area contributed by atoms with Crippen LogP contribution in [0.1, 0.15) is 13.3 Å². The summed E-state index contributed by atoms with van der Waals surface area (Å²) in [6, 6.07) is 7.89. The van der Waals surface area contributed by atoms with Gasteiger partial charge in [0, 0.05) is 36.6 Å². The molecule has 1 aliphatic rings. The fourth-order valence-electron chi connectivity index (χ4n) is 2.57. The summed E-state index contributed by atoms with van der Waals surface area (Å²) in [5.41, 5.74) is 0.869. The monoisotopic (exact) mass is 335 g/mol. The Morgan fingerprint density at radius 3 is 2.70 bits per heavy atom. The van der Waals surface area contributed by atoms with E-state index in [-0.39, 0.29) is 17.7 Å². The molecule has 1 fully saturated rings. The highest BCUT2D eigenvalue weighted by Gasteiger charge is 2.34. The topological polar surface area (TPSA) is 52.7 Å². The Labute approximate surface area is 142 Å². The molecule has 0 radical (unpaired) electrons. The zero-order valence-electron chi connectivity index (χ0n) is 14.0. The molecule has 1 heterocycles. The van der Waals surface area contributed by atoms with E-state index >= 15 is 0 Å². The van der Waals surface area contributed by atoms with E-state index in [1.165, 1.54) is 0 Å². The minimum Gasteiger partial charge on any atom is -0.355 e. The van der Waals surface area contributed by atoms with Crippen molar-refractivity contribution in [2.45, 2.75) is 18.2 Å². The van der Waals surface area contributed by atoms with Gasteiger partial charge in [0.25, 0.3) is 0 Å². The van der Waals surface area contributed by atoms with Crippen LogP contribution in [0.5, 0.6) is 0 Å². The summed E-state index contributed by atoms with van der Waals surface area (Å²) in [5, 5.41) is 2.94. The first kappa shape index (κ1) is 17.8. The Hall–Kier alpha value is -1.53. The molecule has 5 nitrogen and oxygen atoms in total. The minimum absolute atomic E-state index is 0.0210. The van der Waals surface area contributed by atoms with Gasteiger partial charge in [-0.25, -0.2) is 0 Å². The Balaban J connectivity index is 1.89. The number of hydrogen-bond acceptors (Lipinski definition) is 4. The van der Waals surface area contributed by atoms with Crippen molar-refractivity contribution in [2.24, 2.45) is 5.92 Å². The third kappa shape index (κ3) is 4.72. The summed E-state index contributed by atoms with van der Waals surface area (Å²) >= 11 is 1.67. The van der Waals surface area contributed by atoms with Gasteiger partial charge < -0.3 is 15.1 Å². The van der Waals surface area contributed by atoms with Crippen LogP contribution in [-0.2, 0) is 9.59 Å². The number of rotatable bonds is 7. The molecule has 1 aliphatic heterocycles. The Bertz CT molecular complexity index is 547. The van der Waals surface area contributed by atoms with Crippen molar-refractivity contribution in [1.29, 1.82) is 0 Å². The molecule has 2 amide bonds. The average Bonchev–Trinajstić information content (AvgIpc) is 2.96. The Morgan fingerprint density at radius 1 is 1.39 bits per heavy atom. The Kier molecular flexibility index (Phi) is 6.47. The summed E-state index contributed by atoms with van der Waals surface area (Å²) in [4.78, 5) is 29.4. The van der Waals surface area contributed by atoms with Crippen LogP contribution in [0.2, 0.25) is 0 Å². The standard InChI is InChI=1S/C17H25N3O2S/c1-4-19(2)10-9-18-17(22)13-11-16(21)20(12-13)14-5-7-15(23-3)8-6-14/h5-8,13H,4,9-12H2,1-3H3,(H,18,22)/t13-/m1/s1. The number of hydrogen-bond donors (Lipinski definition) is 1. The number of nitrogens with zero attached hydrogens (tertiary/aromatic N) is 2. The van der Waals surface area contributed by atoms with Crippen LogP contribution in [-0.4, -0.2) is 56.2 Å². The molecule has 1 aromatic rings. The highest BCUT2D eigenvalue weighted by molar-refractivity contribution is 7.98. The molecular formula is C17H25N3O2S. The molecule has 1 atom stereocenters. The molecule has 1 aromatic carbocycles. The largest absolute Gasteiger partial charge is 0.355 e. The fraction of sp³-hybridized carbons (Fsp3) is 0.529. The van der Waals surface area contributed by atoms with Crippen LogP contribution >= 0.6 is 11.8 Å². The summed E-state index contributed by atoms with van der Waals surface area (Å²) in [6.45, 7) is 4.95. The van der Waals surface area contributed by atoms with E-state index in [1.807, 2.05) is 37.6 Å². The molecule has 6 heteroatoms. The molecule has 0 aliphatic carbocycles. The van der Waals surface area contributed by atoms with Crippen LogP contribution in [0.4, 0.5) is 5.69 Å². The lowest BCUT2D eigenvalue weighted by Crippen LogP contribution is -2.37. The normalized spacial score (nSPS) is 17.8. The molecule has 0 spiro atoms. The maximum Gasteiger partial charge on any atom is 0.227 e. The van der Waals surface area contributed by atoms with Gasteiger partial charge in [0.2, 0.25) is 11.8 Å². The molecule has 0 unspecified atom stereocenters. The number of anilines is 1. The van der Waals surface area contributed by atoms with Crippen LogP contribution < -0.4 is 10.2 Å². The summed E-state index contributed by atoms with van der Waals surface area (Å²) in [5.74, 6) is -0.256. The molecular weight excluding hydrogens is 310 g/mol. The summed E-state index contributed by atoms with van der Waals surface area (Å²) < 4.78 is 0. The second kappa shape index (κ2) is 8.36. The zero-order valence-corrected chi connectivity index (χ0v) is 14.9. The highest BCUT2D eigenvalue weighted by atomic mass is 32.2. The van der Waals surface area contributed by atoms with Crippen molar-refractivity contribution in [1.82, 2.24) is 10.2 Å². The van der Waals surface area contributed by atoms with Gasteiger partial charge in [-0.15, -0.1) is 11.8 Å². The number of thioether (sulfide) groups is 1. The Morgan fingerprint density at radius 2 is 2.09 bits per heavy atom. The number of benzene rings is 1. The van der Waals surface area contributed by atoms with Gasteiger partial charge in [0.15, 0.2) is 0 Å². The van der Waals surface area contributed by atoms with Crippen molar-refractivity contribution in [2.75, 3.05) is 44.4 Å². The van der Waals surface area contributed by atoms with Crippen molar-refractivity contribution >= 4 is 29.3 Å². The van der Waals surface area contributed by atoms with Crippen LogP contribution in [0.3, 0.4) is 0 Å². The quantitative estimate of drug-likeness (QED) is 0.773. The first-order valence-electron chi connectivity index (χ1n) is 7.95. The lowest BCUT2D eigenvalue weighted by Gasteiger charge is -2.18. The predicted molar refractivity (Wildman–Crippen MR) is 94.9 cm³/mol. The smallest absolute Gasteiger partial charge is 0.227 e. The number of nitrogens with one attached hydrogen (secondary N) is 1. The van der Waals surface area contributed by atoms with E-state index in [9.17, 15) is 9.59 Å². The third-order valence-electron chi connectivity index (χ3n) is 4.21. The lowest BCUT2D eigenvalue weighted by atomic mass is 10.1. The first-order valence-corrected chi connectivity index (χ1v) is 9.18. The average molecular weight is 335 g/mol. The van der Waals surface area contributed by atoms with Gasteiger partial charge in [-0.3, -0.25) is 9.59 Å². The van der Waals surface area contributed by atoms with Gasteiger partial charge in [-0.1, -0.05) is 6.92 Å². The second-order valence-electron chi connectivity index (χ2n) is 5.79. The summed E-state index contributed by atoms with van der Waals surface area (Å²) in [6.07, 6.45) is 2.31. The summed E-state index contributed by atoms with van der Waals surface area (Å²) in [7, 11) is 2.02. The van der Waals surface area contributed by atoms with E-state index in [2.05, 4.69) is 17.1 Å². The molecule has 0 saturated carbocycles. The van der Waals surface area contributed by atoms with Gasteiger partial charge in [0.05, 0.1) is 5.92 Å². The highest BCUT2D eigenvalue weighted by Crippen LogP contribution is 2.27. The van der Waals surface area contributed by atoms with Crippen LogP contribution in [0.25, 0.3) is 0 Å². The fourth-order valence-corrected chi connectivity index (χ4v) is 2.98. The molecule has 2 rings (SSSR count). The van der Waals surface area contributed by atoms with Crippen molar-refractivity contribution in [3.8, 4) is 0 Å². The first-order chi connectivity index (χ1) is 11.0. The SMILES string of the molecule is CCN(C)CCNC(=O)[C@@H]1CC(=O)N(c2ccc(SC)cc2)C1.